The number of likely N-dealkylation sites (tertiary alicyclic amines) is 1. The Kier molecular flexibility index (Phi) is 8.40. The van der Waals surface area contributed by atoms with Crippen LogP contribution in [0.4, 0.5) is 0 Å². The number of aliphatic hydroxyl groups excluding tert-OH is 1. The number of rotatable bonds is 8. The van der Waals surface area contributed by atoms with Crippen LogP contribution < -0.4 is 9.47 Å². The number of β-amino-alcohol motifs (C(OH)–C–C–N with tert-alkyl or cyclic N) is 1. The van der Waals surface area contributed by atoms with Crippen molar-refractivity contribution in [3.63, 3.8) is 0 Å². The SMILES string of the molecule is COc1ccc(CN2CCCCCC2)cc1OC[C@@H](O)CN1CCN(C)CC1. The molecular weight excluding hydrogens is 354 g/mol. The van der Waals surface area contributed by atoms with E-state index in [4.69, 9.17) is 9.47 Å². The molecule has 0 aromatic heterocycles. The second-order valence-corrected chi connectivity index (χ2v) is 8.24. The Hall–Kier alpha value is -1.34. The minimum atomic E-state index is -0.498. The number of benzene rings is 1. The Morgan fingerprint density at radius 3 is 2.32 bits per heavy atom. The molecule has 2 saturated heterocycles. The van der Waals surface area contributed by atoms with Crippen molar-refractivity contribution in [2.24, 2.45) is 0 Å². The van der Waals surface area contributed by atoms with Gasteiger partial charge in [-0.15, -0.1) is 0 Å². The van der Waals surface area contributed by atoms with Crippen LogP contribution in [0.25, 0.3) is 0 Å². The molecule has 0 spiro atoms. The molecule has 28 heavy (non-hydrogen) atoms. The zero-order valence-corrected chi connectivity index (χ0v) is 17.6. The van der Waals surface area contributed by atoms with E-state index in [0.717, 1.165) is 44.2 Å². The van der Waals surface area contributed by atoms with E-state index in [1.54, 1.807) is 7.11 Å². The third-order valence-electron chi connectivity index (χ3n) is 5.83. The Morgan fingerprint density at radius 2 is 1.64 bits per heavy atom. The van der Waals surface area contributed by atoms with Crippen LogP contribution in [0, 0.1) is 0 Å². The van der Waals surface area contributed by atoms with Gasteiger partial charge in [-0.2, -0.15) is 0 Å². The predicted octanol–water partition coefficient (Wildman–Crippen LogP) is 2.06. The van der Waals surface area contributed by atoms with Gasteiger partial charge in [0.25, 0.3) is 0 Å². The highest BCUT2D eigenvalue weighted by Crippen LogP contribution is 2.29. The van der Waals surface area contributed by atoms with Gasteiger partial charge in [0.2, 0.25) is 0 Å². The van der Waals surface area contributed by atoms with Crippen LogP contribution in [0.3, 0.4) is 0 Å². The van der Waals surface area contributed by atoms with Crippen molar-refractivity contribution in [2.75, 3.05) is 66.6 Å². The first-order valence-corrected chi connectivity index (χ1v) is 10.7. The highest BCUT2D eigenvalue weighted by molar-refractivity contribution is 5.43. The van der Waals surface area contributed by atoms with Crippen molar-refractivity contribution in [1.29, 1.82) is 0 Å². The van der Waals surface area contributed by atoms with E-state index < -0.39 is 6.10 Å². The summed E-state index contributed by atoms with van der Waals surface area (Å²) in [5.41, 5.74) is 1.24. The molecule has 0 aliphatic carbocycles. The molecule has 1 aromatic rings. The molecule has 2 heterocycles. The van der Waals surface area contributed by atoms with Crippen LogP contribution in [-0.4, -0.2) is 92.5 Å². The number of aliphatic hydroxyl groups is 1. The van der Waals surface area contributed by atoms with E-state index in [-0.39, 0.29) is 6.61 Å². The summed E-state index contributed by atoms with van der Waals surface area (Å²) in [6.45, 7) is 8.35. The Bertz CT molecular complexity index is 582. The highest BCUT2D eigenvalue weighted by Gasteiger charge is 2.18. The summed E-state index contributed by atoms with van der Waals surface area (Å²) in [5, 5.41) is 10.4. The molecule has 3 rings (SSSR count). The summed E-state index contributed by atoms with van der Waals surface area (Å²) in [6.07, 6.45) is 4.77. The van der Waals surface area contributed by atoms with Crippen LogP contribution in [0.5, 0.6) is 11.5 Å². The van der Waals surface area contributed by atoms with Crippen LogP contribution in [0.15, 0.2) is 18.2 Å². The van der Waals surface area contributed by atoms with Gasteiger partial charge in [-0.3, -0.25) is 9.80 Å². The second kappa shape index (κ2) is 11.0. The third kappa shape index (κ3) is 6.62. The van der Waals surface area contributed by atoms with Gasteiger partial charge in [0.1, 0.15) is 12.7 Å². The molecular formula is C22H37N3O3. The molecule has 0 saturated carbocycles. The van der Waals surface area contributed by atoms with Crippen LogP contribution in [-0.2, 0) is 6.54 Å². The van der Waals surface area contributed by atoms with E-state index in [0.29, 0.717) is 6.54 Å². The van der Waals surface area contributed by atoms with Gasteiger partial charge in [0.05, 0.1) is 7.11 Å². The first-order chi connectivity index (χ1) is 13.6. The fraction of sp³-hybridized carbons (Fsp3) is 0.727. The molecule has 6 nitrogen and oxygen atoms in total. The van der Waals surface area contributed by atoms with E-state index in [9.17, 15) is 5.11 Å². The lowest BCUT2D eigenvalue weighted by molar-refractivity contribution is 0.0497. The van der Waals surface area contributed by atoms with Crippen LogP contribution in [0.1, 0.15) is 31.2 Å². The molecule has 2 fully saturated rings. The lowest BCUT2D eigenvalue weighted by Crippen LogP contribution is -2.47. The number of ether oxygens (including phenoxy) is 2. The minimum Gasteiger partial charge on any atom is -0.493 e. The summed E-state index contributed by atoms with van der Waals surface area (Å²) in [4.78, 5) is 7.15. The lowest BCUT2D eigenvalue weighted by atomic mass is 10.2. The smallest absolute Gasteiger partial charge is 0.161 e. The van der Waals surface area contributed by atoms with Crippen molar-refractivity contribution >= 4 is 0 Å². The molecule has 6 heteroatoms. The normalized spacial score (nSPS) is 21.2. The van der Waals surface area contributed by atoms with Crippen LogP contribution >= 0.6 is 0 Å². The number of piperazine rings is 1. The summed E-state index contributed by atoms with van der Waals surface area (Å²) in [6, 6.07) is 6.18. The monoisotopic (exact) mass is 391 g/mol. The second-order valence-electron chi connectivity index (χ2n) is 8.24. The molecule has 0 bridgehead atoms. The Balaban J connectivity index is 1.52. The minimum absolute atomic E-state index is 0.288. The lowest BCUT2D eigenvalue weighted by Gasteiger charge is -2.33. The van der Waals surface area contributed by atoms with Crippen molar-refractivity contribution in [3.05, 3.63) is 23.8 Å². The topological polar surface area (TPSA) is 48.4 Å². The average molecular weight is 392 g/mol. The van der Waals surface area contributed by atoms with Crippen molar-refractivity contribution in [1.82, 2.24) is 14.7 Å². The van der Waals surface area contributed by atoms with E-state index in [1.807, 2.05) is 6.07 Å². The highest BCUT2D eigenvalue weighted by atomic mass is 16.5. The van der Waals surface area contributed by atoms with Gasteiger partial charge in [0.15, 0.2) is 11.5 Å². The molecule has 0 radical (unpaired) electrons. The van der Waals surface area contributed by atoms with Gasteiger partial charge in [-0.1, -0.05) is 18.9 Å². The Labute approximate surface area is 170 Å². The fourth-order valence-electron chi connectivity index (χ4n) is 4.05. The molecule has 2 aliphatic heterocycles. The number of hydrogen-bond donors (Lipinski definition) is 1. The van der Waals surface area contributed by atoms with Crippen LogP contribution in [0.2, 0.25) is 0 Å². The zero-order chi connectivity index (χ0) is 19.8. The molecule has 2 aliphatic rings. The maximum absolute atomic E-state index is 10.4. The fourth-order valence-corrected chi connectivity index (χ4v) is 4.05. The summed E-state index contributed by atoms with van der Waals surface area (Å²) >= 11 is 0. The first kappa shape index (κ1) is 21.4. The molecule has 0 unspecified atom stereocenters. The average Bonchev–Trinajstić information content (AvgIpc) is 2.97. The van der Waals surface area contributed by atoms with Gasteiger partial charge in [-0.25, -0.2) is 0 Å². The molecule has 0 amide bonds. The first-order valence-electron chi connectivity index (χ1n) is 10.7. The van der Waals surface area contributed by atoms with Gasteiger partial charge in [-0.05, 0) is 50.7 Å². The third-order valence-corrected chi connectivity index (χ3v) is 5.83. The molecule has 1 N–H and O–H groups in total. The van der Waals surface area contributed by atoms with E-state index in [1.165, 1.54) is 44.3 Å². The van der Waals surface area contributed by atoms with Gasteiger partial charge in [0, 0.05) is 39.3 Å². The largest absolute Gasteiger partial charge is 0.493 e. The Morgan fingerprint density at radius 1 is 0.929 bits per heavy atom. The summed E-state index contributed by atoms with van der Waals surface area (Å²) in [7, 11) is 3.80. The number of methoxy groups -OCH3 is 1. The predicted molar refractivity (Wildman–Crippen MR) is 112 cm³/mol. The number of hydrogen-bond acceptors (Lipinski definition) is 6. The molecule has 1 aromatic carbocycles. The van der Waals surface area contributed by atoms with Crippen molar-refractivity contribution in [3.8, 4) is 11.5 Å². The maximum Gasteiger partial charge on any atom is 0.161 e. The van der Waals surface area contributed by atoms with Crippen molar-refractivity contribution in [2.45, 2.75) is 38.3 Å². The number of nitrogens with zero attached hydrogens (tertiary/aromatic N) is 3. The summed E-state index contributed by atoms with van der Waals surface area (Å²) in [5.74, 6) is 1.46. The van der Waals surface area contributed by atoms with E-state index >= 15 is 0 Å². The van der Waals surface area contributed by atoms with E-state index in [2.05, 4.69) is 33.9 Å². The standard InChI is InChI=1S/C22H37N3O3/c1-23-11-13-25(14-12-23)17-20(26)18-28-22-15-19(7-8-21(22)27-2)16-24-9-5-3-4-6-10-24/h7-8,15,20,26H,3-6,9-14,16-18H2,1-2H3/t20-/m0/s1. The quantitative estimate of drug-likeness (QED) is 0.732. The zero-order valence-electron chi connectivity index (χ0n) is 17.6. The molecule has 1 atom stereocenters. The molecule has 158 valence electrons. The van der Waals surface area contributed by atoms with Gasteiger partial charge < -0.3 is 19.5 Å². The maximum atomic E-state index is 10.4. The van der Waals surface area contributed by atoms with Crippen molar-refractivity contribution < 1.29 is 14.6 Å². The van der Waals surface area contributed by atoms with Gasteiger partial charge >= 0.3 is 0 Å². The summed E-state index contributed by atoms with van der Waals surface area (Å²) < 4.78 is 11.4. The number of likely N-dealkylation sites (N-methyl/N-ethyl adjacent to an activating group) is 1.